The molecule has 0 fully saturated rings. The van der Waals surface area contributed by atoms with Crippen molar-refractivity contribution >= 4 is 27.3 Å². The smallest absolute Gasteiger partial charge is 0.271 e. The second kappa shape index (κ2) is 8.73. The highest BCUT2D eigenvalue weighted by molar-refractivity contribution is 7.89. The summed E-state index contributed by atoms with van der Waals surface area (Å²) >= 11 is 1.36. The van der Waals surface area contributed by atoms with Crippen LogP contribution < -0.4 is 10.1 Å². The molecule has 0 radical (unpaired) electrons. The van der Waals surface area contributed by atoms with Crippen LogP contribution in [0.25, 0.3) is 10.6 Å². The molecule has 1 heterocycles. The molecule has 7 nitrogen and oxygen atoms in total. The van der Waals surface area contributed by atoms with Crippen LogP contribution in [0.15, 0.2) is 58.8 Å². The zero-order valence-electron chi connectivity index (χ0n) is 16.2. The minimum atomic E-state index is -3.60. The predicted molar refractivity (Wildman–Crippen MR) is 113 cm³/mol. The Hall–Kier alpha value is -2.75. The maximum atomic E-state index is 12.5. The Morgan fingerprint density at radius 1 is 1.14 bits per heavy atom. The number of amides is 1. The van der Waals surface area contributed by atoms with Crippen LogP contribution in [0, 0.1) is 0 Å². The lowest BCUT2D eigenvalue weighted by atomic mass is 10.2. The number of nitrogens with zero attached hydrogens (tertiary/aromatic N) is 2. The Kier molecular flexibility index (Phi) is 6.31. The number of carbonyl (C=O) groups is 1. The summed E-state index contributed by atoms with van der Waals surface area (Å²) in [5.41, 5.74) is 1.69. The van der Waals surface area contributed by atoms with Crippen LogP contribution in [-0.2, 0) is 16.6 Å². The summed E-state index contributed by atoms with van der Waals surface area (Å²) in [4.78, 5) is 17.1. The summed E-state index contributed by atoms with van der Waals surface area (Å²) in [5, 5.41) is 5.15. The van der Waals surface area contributed by atoms with Crippen molar-refractivity contribution in [1.29, 1.82) is 0 Å². The molecule has 1 N–H and O–H groups in total. The van der Waals surface area contributed by atoms with E-state index in [0.29, 0.717) is 10.6 Å². The monoisotopic (exact) mass is 431 g/mol. The fourth-order valence-electron chi connectivity index (χ4n) is 2.61. The summed E-state index contributed by atoms with van der Waals surface area (Å²) in [5.74, 6) is 0.382. The van der Waals surface area contributed by atoms with Crippen molar-refractivity contribution < 1.29 is 17.9 Å². The van der Waals surface area contributed by atoms with Gasteiger partial charge in [0.2, 0.25) is 10.0 Å². The Bertz CT molecular complexity index is 1110. The lowest BCUT2D eigenvalue weighted by molar-refractivity contribution is 0.0946. The van der Waals surface area contributed by atoms with E-state index in [-0.39, 0.29) is 23.0 Å². The molecule has 0 aliphatic carbocycles. The van der Waals surface area contributed by atoms with Gasteiger partial charge in [-0.05, 0) is 35.9 Å². The fraction of sp³-hybridized carbons (Fsp3) is 0.200. The molecule has 3 rings (SSSR count). The average molecular weight is 432 g/mol. The van der Waals surface area contributed by atoms with E-state index in [1.54, 1.807) is 30.7 Å². The molecule has 0 spiro atoms. The third-order valence-corrected chi connectivity index (χ3v) is 7.05. The maximum absolute atomic E-state index is 12.5. The SMILES string of the molecule is COc1ccc(-c2nc(C(=O)NCc3ccccc3S(=O)(=O)N(C)C)cs2)cc1. The molecule has 1 amide bonds. The first-order valence-corrected chi connectivity index (χ1v) is 11.0. The molecule has 29 heavy (non-hydrogen) atoms. The number of methoxy groups -OCH3 is 1. The third kappa shape index (κ3) is 4.64. The van der Waals surface area contributed by atoms with Gasteiger partial charge in [0.25, 0.3) is 5.91 Å². The zero-order valence-corrected chi connectivity index (χ0v) is 17.9. The number of rotatable bonds is 7. The van der Waals surface area contributed by atoms with Gasteiger partial charge in [-0.3, -0.25) is 4.79 Å². The first-order chi connectivity index (χ1) is 13.8. The molecule has 0 saturated heterocycles. The number of carbonyl (C=O) groups excluding carboxylic acids is 1. The molecule has 152 valence electrons. The average Bonchev–Trinajstić information content (AvgIpc) is 3.22. The highest BCUT2D eigenvalue weighted by Crippen LogP contribution is 2.26. The number of nitrogens with one attached hydrogen (secondary N) is 1. The number of aromatic nitrogens is 1. The molecule has 3 aromatic rings. The molecule has 0 aliphatic heterocycles. The Labute approximate surface area is 174 Å². The number of thiazole rings is 1. The van der Waals surface area contributed by atoms with Gasteiger partial charge in [0.05, 0.1) is 12.0 Å². The topological polar surface area (TPSA) is 88.6 Å². The van der Waals surface area contributed by atoms with Crippen LogP contribution in [0.5, 0.6) is 5.75 Å². The van der Waals surface area contributed by atoms with Crippen molar-refractivity contribution in [1.82, 2.24) is 14.6 Å². The van der Waals surface area contributed by atoms with Gasteiger partial charge in [0.1, 0.15) is 16.5 Å². The van der Waals surface area contributed by atoms with Crippen molar-refractivity contribution in [2.75, 3.05) is 21.2 Å². The molecular formula is C20H21N3O4S2. The minimum Gasteiger partial charge on any atom is -0.497 e. The first-order valence-electron chi connectivity index (χ1n) is 8.71. The van der Waals surface area contributed by atoms with E-state index in [1.807, 2.05) is 24.3 Å². The van der Waals surface area contributed by atoms with Gasteiger partial charge in [-0.25, -0.2) is 17.7 Å². The lowest BCUT2D eigenvalue weighted by Crippen LogP contribution is -2.27. The second-order valence-electron chi connectivity index (χ2n) is 6.34. The van der Waals surface area contributed by atoms with Gasteiger partial charge in [0, 0.05) is 31.6 Å². The zero-order chi connectivity index (χ0) is 21.0. The Morgan fingerprint density at radius 3 is 2.48 bits per heavy atom. The normalized spacial score (nSPS) is 11.4. The van der Waals surface area contributed by atoms with Gasteiger partial charge < -0.3 is 10.1 Å². The summed E-state index contributed by atoms with van der Waals surface area (Å²) in [6, 6.07) is 14.0. The molecule has 0 bridgehead atoms. The van der Waals surface area contributed by atoms with E-state index >= 15 is 0 Å². The number of hydrogen-bond acceptors (Lipinski definition) is 6. The van der Waals surface area contributed by atoms with Gasteiger partial charge in [-0.2, -0.15) is 0 Å². The van der Waals surface area contributed by atoms with E-state index in [2.05, 4.69) is 10.3 Å². The Morgan fingerprint density at radius 2 is 1.83 bits per heavy atom. The number of benzene rings is 2. The summed E-state index contributed by atoms with van der Waals surface area (Å²) < 4.78 is 31.2. The first kappa shape index (κ1) is 21.0. The molecular weight excluding hydrogens is 410 g/mol. The molecule has 0 aliphatic rings. The quantitative estimate of drug-likeness (QED) is 0.621. The summed E-state index contributed by atoms with van der Waals surface area (Å²) in [6.07, 6.45) is 0. The van der Waals surface area contributed by atoms with Crippen LogP contribution in [0.1, 0.15) is 16.1 Å². The Balaban J connectivity index is 1.73. The standard InChI is InChI=1S/C20H21N3O4S2/c1-23(2)29(25,26)18-7-5-4-6-15(18)12-21-19(24)17-13-28-20(22-17)14-8-10-16(27-3)11-9-14/h4-11,13H,12H2,1-3H3,(H,21,24). The van der Waals surface area contributed by atoms with Crippen LogP contribution in [0.2, 0.25) is 0 Å². The van der Waals surface area contributed by atoms with Crippen LogP contribution in [-0.4, -0.2) is 44.8 Å². The largest absolute Gasteiger partial charge is 0.497 e. The van der Waals surface area contributed by atoms with Crippen molar-refractivity contribution in [3.05, 3.63) is 65.2 Å². The molecule has 2 aromatic carbocycles. The van der Waals surface area contributed by atoms with E-state index in [1.165, 1.54) is 31.5 Å². The van der Waals surface area contributed by atoms with Gasteiger partial charge in [-0.1, -0.05) is 18.2 Å². The van der Waals surface area contributed by atoms with E-state index in [9.17, 15) is 13.2 Å². The number of hydrogen-bond donors (Lipinski definition) is 1. The van der Waals surface area contributed by atoms with Crippen molar-refractivity contribution in [2.45, 2.75) is 11.4 Å². The van der Waals surface area contributed by atoms with E-state index < -0.39 is 10.0 Å². The predicted octanol–water partition coefficient (Wildman–Crippen LogP) is 3.00. The third-order valence-electron chi connectivity index (χ3n) is 4.24. The van der Waals surface area contributed by atoms with Crippen LogP contribution >= 0.6 is 11.3 Å². The molecule has 0 saturated carbocycles. The minimum absolute atomic E-state index is 0.0808. The molecule has 0 atom stereocenters. The maximum Gasteiger partial charge on any atom is 0.271 e. The van der Waals surface area contributed by atoms with Crippen molar-refractivity contribution in [3.8, 4) is 16.3 Å². The van der Waals surface area contributed by atoms with Crippen LogP contribution in [0.4, 0.5) is 0 Å². The van der Waals surface area contributed by atoms with Crippen LogP contribution in [0.3, 0.4) is 0 Å². The molecule has 1 aromatic heterocycles. The van der Waals surface area contributed by atoms with Gasteiger partial charge in [-0.15, -0.1) is 11.3 Å². The molecule has 9 heteroatoms. The van der Waals surface area contributed by atoms with E-state index in [0.717, 1.165) is 15.6 Å². The van der Waals surface area contributed by atoms with Gasteiger partial charge >= 0.3 is 0 Å². The van der Waals surface area contributed by atoms with Crippen molar-refractivity contribution in [3.63, 3.8) is 0 Å². The molecule has 0 unspecified atom stereocenters. The summed E-state index contributed by atoms with van der Waals surface area (Å²) in [6.45, 7) is 0.0808. The summed E-state index contributed by atoms with van der Waals surface area (Å²) in [7, 11) is 0.946. The number of sulfonamides is 1. The number of ether oxygens (including phenoxy) is 1. The highest BCUT2D eigenvalue weighted by atomic mass is 32.2. The van der Waals surface area contributed by atoms with E-state index in [4.69, 9.17) is 4.74 Å². The van der Waals surface area contributed by atoms with Gasteiger partial charge in [0.15, 0.2) is 0 Å². The van der Waals surface area contributed by atoms with Crippen molar-refractivity contribution in [2.24, 2.45) is 0 Å². The highest BCUT2D eigenvalue weighted by Gasteiger charge is 2.21. The lowest BCUT2D eigenvalue weighted by Gasteiger charge is -2.15. The fourth-order valence-corrected chi connectivity index (χ4v) is 4.53. The second-order valence-corrected chi connectivity index (χ2v) is 9.32.